The van der Waals surface area contributed by atoms with Gasteiger partial charge in [-0.3, -0.25) is 14.7 Å². The first-order valence-corrected chi connectivity index (χ1v) is 6.18. The standard InChI is InChI=1S/C10H10FN5O2S/c1-15-9(12)13-14-10(15)19-5-6-2-3-8(16(17)18)7(11)4-6/h2-4H,5H2,1H3,(H2,12,13). The van der Waals surface area contributed by atoms with E-state index in [1.54, 1.807) is 11.6 Å². The number of aromatic nitrogens is 3. The molecule has 0 saturated carbocycles. The topological polar surface area (TPSA) is 99.9 Å². The summed E-state index contributed by atoms with van der Waals surface area (Å²) in [6.45, 7) is 0. The molecule has 9 heteroatoms. The second-order valence-electron chi connectivity index (χ2n) is 3.73. The van der Waals surface area contributed by atoms with Gasteiger partial charge in [0.05, 0.1) is 4.92 Å². The maximum atomic E-state index is 13.4. The lowest BCUT2D eigenvalue weighted by Gasteiger charge is -2.02. The van der Waals surface area contributed by atoms with Gasteiger partial charge in [0, 0.05) is 18.9 Å². The molecule has 2 N–H and O–H groups in total. The van der Waals surface area contributed by atoms with Gasteiger partial charge in [-0.05, 0) is 11.6 Å². The van der Waals surface area contributed by atoms with Crippen LogP contribution in [0.1, 0.15) is 5.56 Å². The first-order valence-electron chi connectivity index (χ1n) is 5.19. The van der Waals surface area contributed by atoms with E-state index in [-0.39, 0.29) is 5.95 Å². The molecule has 0 unspecified atom stereocenters. The van der Waals surface area contributed by atoms with Gasteiger partial charge in [0.25, 0.3) is 0 Å². The molecule has 7 nitrogen and oxygen atoms in total. The Morgan fingerprint density at radius 1 is 1.53 bits per heavy atom. The van der Waals surface area contributed by atoms with Crippen LogP contribution in [0.5, 0.6) is 0 Å². The van der Waals surface area contributed by atoms with E-state index < -0.39 is 16.4 Å². The van der Waals surface area contributed by atoms with Crippen molar-refractivity contribution >= 4 is 23.4 Å². The third-order valence-electron chi connectivity index (χ3n) is 2.45. The Balaban J connectivity index is 2.10. The van der Waals surface area contributed by atoms with Gasteiger partial charge in [-0.1, -0.05) is 17.8 Å². The van der Waals surface area contributed by atoms with Gasteiger partial charge in [-0.15, -0.1) is 10.2 Å². The van der Waals surface area contributed by atoms with Crippen LogP contribution in [-0.2, 0) is 12.8 Å². The summed E-state index contributed by atoms with van der Waals surface area (Å²) in [7, 11) is 1.72. The third-order valence-corrected chi connectivity index (χ3v) is 3.54. The molecule has 0 saturated heterocycles. The molecule has 1 heterocycles. The minimum atomic E-state index is -0.847. The Morgan fingerprint density at radius 3 is 2.79 bits per heavy atom. The van der Waals surface area contributed by atoms with E-state index in [1.165, 1.54) is 17.8 Å². The number of hydrogen-bond donors (Lipinski definition) is 1. The van der Waals surface area contributed by atoms with Gasteiger partial charge < -0.3 is 5.73 Å². The number of nitro benzene ring substituents is 1. The van der Waals surface area contributed by atoms with Crippen LogP contribution in [0.2, 0.25) is 0 Å². The SMILES string of the molecule is Cn1c(N)nnc1SCc1ccc([N+](=O)[O-])c(F)c1. The predicted octanol–water partition coefficient (Wildman–Crippen LogP) is 1.74. The fourth-order valence-electron chi connectivity index (χ4n) is 1.39. The van der Waals surface area contributed by atoms with E-state index in [9.17, 15) is 14.5 Å². The van der Waals surface area contributed by atoms with E-state index in [1.807, 2.05) is 0 Å². The summed E-state index contributed by atoms with van der Waals surface area (Å²) in [6.07, 6.45) is 0. The fourth-order valence-corrected chi connectivity index (χ4v) is 2.25. The van der Waals surface area contributed by atoms with Crippen molar-refractivity contribution in [3.05, 3.63) is 39.7 Å². The number of nitro groups is 1. The molecule has 0 fully saturated rings. The maximum absolute atomic E-state index is 13.4. The molecule has 0 amide bonds. The van der Waals surface area contributed by atoms with Crippen molar-refractivity contribution in [1.29, 1.82) is 0 Å². The lowest BCUT2D eigenvalue weighted by molar-refractivity contribution is -0.387. The molecular weight excluding hydrogens is 273 g/mol. The molecule has 0 aliphatic heterocycles. The number of nitrogens with two attached hydrogens (primary N) is 1. The molecule has 1 aromatic heterocycles. The van der Waals surface area contributed by atoms with Crippen LogP contribution in [0.25, 0.3) is 0 Å². The Hall–Kier alpha value is -2.16. The number of halogens is 1. The zero-order chi connectivity index (χ0) is 14.0. The summed E-state index contributed by atoms with van der Waals surface area (Å²) in [5, 5.41) is 18.6. The minimum Gasteiger partial charge on any atom is -0.368 e. The normalized spacial score (nSPS) is 10.6. The van der Waals surface area contributed by atoms with Gasteiger partial charge in [0.15, 0.2) is 5.16 Å². The van der Waals surface area contributed by atoms with Crippen molar-refractivity contribution in [3.8, 4) is 0 Å². The van der Waals surface area contributed by atoms with E-state index in [0.29, 0.717) is 16.5 Å². The number of benzene rings is 1. The molecule has 2 aromatic rings. The lowest BCUT2D eigenvalue weighted by atomic mass is 10.2. The van der Waals surface area contributed by atoms with Crippen LogP contribution in [0.15, 0.2) is 23.4 Å². The van der Waals surface area contributed by atoms with Crippen LogP contribution in [-0.4, -0.2) is 19.7 Å². The predicted molar refractivity (Wildman–Crippen MR) is 68.0 cm³/mol. The van der Waals surface area contributed by atoms with Crippen molar-refractivity contribution in [2.24, 2.45) is 7.05 Å². The van der Waals surface area contributed by atoms with Gasteiger partial charge >= 0.3 is 5.69 Å². The molecule has 0 bridgehead atoms. The number of nitrogens with zero attached hydrogens (tertiary/aromatic N) is 4. The number of nitrogen functional groups attached to an aromatic ring is 1. The van der Waals surface area contributed by atoms with Crippen LogP contribution >= 0.6 is 11.8 Å². The highest BCUT2D eigenvalue weighted by atomic mass is 32.2. The van der Waals surface area contributed by atoms with Crippen molar-refractivity contribution in [3.63, 3.8) is 0 Å². The Morgan fingerprint density at radius 2 is 2.26 bits per heavy atom. The molecule has 0 aliphatic rings. The monoisotopic (exact) mass is 283 g/mol. The molecule has 2 rings (SSSR count). The fraction of sp³-hybridized carbons (Fsp3) is 0.200. The van der Waals surface area contributed by atoms with Gasteiger partial charge in [0.1, 0.15) is 0 Å². The van der Waals surface area contributed by atoms with Gasteiger partial charge in [0.2, 0.25) is 11.8 Å². The summed E-state index contributed by atoms with van der Waals surface area (Å²) in [5.41, 5.74) is 5.62. The maximum Gasteiger partial charge on any atom is 0.304 e. The summed E-state index contributed by atoms with van der Waals surface area (Å²) in [5.74, 6) is -0.140. The average molecular weight is 283 g/mol. The van der Waals surface area contributed by atoms with E-state index in [0.717, 1.165) is 12.1 Å². The Labute approximate surface area is 111 Å². The average Bonchev–Trinajstić information content (AvgIpc) is 2.67. The van der Waals surface area contributed by atoms with Crippen LogP contribution in [0.3, 0.4) is 0 Å². The quantitative estimate of drug-likeness (QED) is 0.521. The summed E-state index contributed by atoms with van der Waals surface area (Å²) in [4.78, 5) is 9.73. The summed E-state index contributed by atoms with van der Waals surface area (Å²) in [6, 6.07) is 3.80. The summed E-state index contributed by atoms with van der Waals surface area (Å²) < 4.78 is 15.0. The molecule has 0 aliphatic carbocycles. The molecular formula is C10H10FN5O2S. The lowest BCUT2D eigenvalue weighted by Crippen LogP contribution is -1.98. The van der Waals surface area contributed by atoms with Crippen molar-refractivity contribution < 1.29 is 9.31 Å². The molecule has 1 aromatic carbocycles. The first kappa shape index (κ1) is 13.3. The molecule has 100 valence electrons. The minimum absolute atomic E-state index is 0.289. The highest BCUT2D eigenvalue weighted by Crippen LogP contribution is 2.24. The first-order chi connectivity index (χ1) is 8.99. The molecule has 0 spiro atoms. The van der Waals surface area contributed by atoms with E-state index in [2.05, 4.69) is 10.2 Å². The number of thioether (sulfide) groups is 1. The van der Waals surface area contributed by atoms with Crippen LogP contribution in [0.4, 0.5) is 16.0 Å². The van der Waals surface area contributed by atoms with Crippen LogP contribution in [0, 0.1) is 15.9 Å². The van der Waals surface area contributed by atoms with Gasteiger partial charge in [-0.25, -0.2) is 0 Å². The van der Waals surface area contributed by atoms with Gasteiger partial charge in [-0.2, -0.15) is 4.39 Å². The zero-order valence-electron chi connectivity index (χ0n) is 9.91. The van der Waals surface area contributed by atoms with Crippen LogP contribution < -0.4 is 5.73 Å². The number of hydrogen-bond acceptors (Lipinski definition) is 6. The second-order valence-corrected chi connectivity index (χ2v) is 4.67. The Bertz CT molecular complexity index is 630. The van der Waals surface area contributed by atoms with E-state index in [4.69, 9.17) is 5.73 Å². The molecule has 0 radical (unpaired) electrons. The van der Waals surface area contributed by atoms with Crippen molar-refractivity contribution in [2.75, 3.05) is 5.73 Å². The third kappa shape index (κ3) is 2.81. The van der Waals surface area contributed by atoms with E-state index >= 15 is 0 Å². The molecule has 0 atom stereocenters. The number of rotatable bonds is 4. The highest BCUT2D eigenvalue weighted by molar-refractivity contribution is 7.98. The molecule has 19 heavy (non-hydrogen) atoms. The summed E-state index contributed by atoms with van der Waals surface area (Å²) >= 11 is 1.32. The highest BCUT2D eigenvalue weighted by Gasteiger charge is 2.14. The second kappa shape index (κ2) is 5.22. The number of anilines is 1. The largest absolute Gasteiger partial charge is 0.368 e. The smallest absolute Gasteiger partial charge is 0.304 e. The zero-order valence-corrected chi connectivity index (χ0v) is 10.7. The van der Waals surface area contributed by atoms with Crippen molar-refractivity contribution in [1.82, 2.24) is 14.8 Å². The van der Waals surface area contributed by atoms with Crippen molar-refractivity contribution in [2.45, 2.75) is 10.9 Å². The Kier molecular flexibility index (Phi) is 3.65.